The van der Waals surface area contributed by atoms with Gasteiger partial charge in [0.2, 0.25) is 5.91 Å². The Morgan fingerprint density at radius 2 is 1.91 bits per heavy atom. The van der Waals surface area contributed by atoms with Gasteiger partial charge >= 0.3 is 5.97 Å². The fraction of sp³-hybridized carbons (Fsp3) is 0.286. The molecule has 0 spiro atoms. The summed E-state index contributed by atoms with van der Waals surface area (Å²) in [4.78, 5) is 30.9. The van der Waals surface area contributed by atoms with Crippen LogP contribution in [0.4, 0.5) is 5.69 Å². The number of carboxylic acid groups (broad SMARTS) is 1. The SMILES string of the molecule is Cn1ncc2cc3cccc(CN(C(=O)C4CCCCC4)c4cncc(/C=C/C(=O)O)c4)c3cc21. The summed E-state index contributed by atoms with van der Waals surface area (Å²) in [5, 5.41) is 16.7. The quantitative estimate of drug-likeness (QED) is 0.386. The van der Waals surface area contributed by atoms with Crippen LogP contribution in [-0.4, -0.2) is 31.7 Å². The molecule has 35 heavy (non-hydrogen) atoms. The third-order valence-corrected chi connectivity index (χ3v) is 6.86. The zero-order chi connectivity index (χ0) is 24.4. The summed E-state index contributed by atoms with van der Waals surface area (Å²) in [6, 6.07) is 12.3. The molecular weight excluding hydrogens is 440 g/mol. The van der Waals surface area contributed by atoms with Gasteiger partial charge in [0.05, 0.1) is 30.1 Å². The van der Waals surface area contributed by atoms with Gasteiger partial charge in [0.25, 0.3) is 0 Å². The van der Waals surface area contributed by atoms with Crippen molar-refractivity contribution in [2.24, 2.45) is 13.0 Å². The van der Waals surface area contributed by atoms with Gasteiger partial charge in [-0.2, -0.15) is 5.10 Å². The summed E-state index contributed by atoms with van der Waals surface area (Å²) >= 11 is 0. The molecule has 1 fully saturated rings. The second kappa shape index (κ2) is 9.70. The Hall–Kier alpha value is -4.00. The average molecular weight is 469 g/mol. The first-order chi connectivity index (χ1) is 17.0. The number of rotatable bonds is 6. The molecule has 7 nitrogen and oxygen atoms in total. The van der Waals surface area contributed by atoms with Gasteiger partial charge in [-0.05, 0) is 59.0 Å². The van der Waals surface area contributed by atoms with Crippen LogP contribution in [0.25, 0.3) is 27.8 Å². The normalized spacial score (nSPS) is 14.7. The van der Waals surface area contributed by atoms with E-state index < -0.39 is 5.97 Å². The van der Waals surface area contributed by atoms with Crippen LogP contribution >= 0.6 is 0 Å². The van der Waals surface area contributed by atoms with E-state index in [1.165, 1.54) is 12.5 Å². The summed E-state index contributed by atoms with van der Waals surface area (Å²) in [7, 11) is 1.93. The first-order valence-corrected chi connectivity index (χ1v) is 12.0. The van der Waals surface area contributed by atoms with Crippen LogP contribution in [0.2, 0.25) is 0 Å². The molecule has 2 aromatic carbocycles. The number of aryl methyl sites for hydroxylation is 1. The van der Waals surface area contributed by atoms with Crippen molar-refractivity contribution >= 4 is 45.3 Å². The van der Waals surface area contributed by atoms with Gasteiger partial charge in [-0.15, -0.1) is 0 Å². The molecule has 5 rings (SSSR count). The number of pyridine rings is 1. The number of nitrogens with zero attached hydrogens (tertiary/aromatic N) is 4. The van der Waals surface area contributed by atoms with Gasteiger partial charge in [-0.25, -0.2) is 4.79 Å². The molecule has 2 aromatic heterocycles. The summed E-state index contributed by atoms with van der Waals surface area (Å²) in [5.74, 6) is -0.937. The molecule has 1 aliphatic carbocycles. The third kappa shape index (κ3) is 4.80. The van der Waals surface area contributed by atoms with E-state index >= 15 is 0 Å². The van der Waals surface area contributed by atoms with E-state index in [-0.39, 0.29) is 11.8 Å². The van der Waals surface area contributed by atoms with E-state index in [1.807, 2.05) is 35.0 Å². The van der Waals surface area contributed by atoms with E-state index in [0.717, 1.165) is 59.0 Å². The van der Waals surface area contributed by atoms with E-state index in [0.29, 0.717) is 17.8 Å². The monoisotopic (exact) mass is 468 g/mol. The number of carboxylic acids is 1. The first kappa shape index (κ1) is 22.8. The van der Waals surface area contributed by atoms with E-state index in [2.05, 4.69) is 34.3 Å². The number of carbonyl (C=O) groups is 2. The lowest BCUT2D eigenvalue weighted by atomic mass is 9.88. The molecule has 178 valence electrons. The molecule has 1 amide bonds. The number of aliphatic carboxylic acids is 1. The highest BCUT2D eigenvalue weighted by atomic mass is 16.4. The smallest absolute Gasteiger partial charge is 0.328 e. The zero-order valence-electron chi connectivity index (χ0n) is 19.7. The maximum atomic E-state index is 13.8. The molecule has 0 atom stereocenters. The lowest BCUT2D eigenvalue weighted by Crippen LogP contribution is -2.37. The molecule has 0 radical (unpaired) electrons. The summed E-state index contributed by atoms with van der Waals surface area (Å²) in [5.41, 5.74) is 3.39. The number of amides is 1. The Balaban J connectivity index is 1.57. The van der Waals surface area contributed by atoms with Crippen molar-refractivity contribution in [1.82, 2.24) is 14.8 Å². The van der Waals surface area contributed by atoms with Crippen LogP contribution in [0.1, 0.15) is 43.2 Å². The lowest BCUT2D eigenvalue weighted by Gasteiger charge is -2.30. The van der Waals surface area contributed by atoms with Crippen molar-refractivity contribution in [3.8, 4) is 0 Å². The molecule has 0 aliphatic heterocycles. The van der Waals surface area contributed by atoms with Gasteiger partial charge in [-0.3, -0.25) is 14.5 Å². The van der Waals surface area contributed by atoms with Crippen molar-refractivity contribution in [1.29, 1.82) is 0 Å². The Morgan fingerprint density at radius 1 is 1.09 bits per heavy atom. The van der Waals surface area contributed by atoms with Gasteiger partial charge in [0.1, 0.15) is 0 Å². The minimum Gasteiger partial charge on any atom is -0.478 e. The predicted octanol–water partition coefficient (Wildman–Crippen LogP) is 5.33. The number of aromatic nitrogens is 3. The number of carbonyl (C=O) groups excluding carboxylic acids is 1. The fourth-order valence-electron chi connectivity index (χ4n) is 5.02. The van der Waals surface area contributed by atoms with Crippen molar-refractivity contribution in [2.45, 2.75) is 38.6 Å². The molecule has 1 N–H and O–H groups in total. The Bertz CT molecular complexity index is 1430. The minimum atomic E-state index is -1.03. The second-order valence-corrected chi connectivity index (χ2v) is 9.22. The van der Waals surface area contributed by atoms with Crippen LogP contribution in [0.3, 0.4) is 0 Å². The van der Waals surface area contributed by atoms with Crippen LogP contribution < -0.4 is 4.90 Å². The van der Waals surface area contributed by atoms with Crippen LogP contribution in [-0.2, 0) is 23.2 Å². The maximum absolute atomic E-state index is 13.8. The van der Waals surface area contributed by atoms with Gasteiger partial charge in [0.15, 0.2) is 0 Å². The number of hydrogen-bond donors (Lipinski definition) is 1. The molecule has 7 heteroatoms. The van der Waals surface area contributed by atoms with Gasteiger partial charge < -0.3 is 10.0 Å². The standard InChI is InChI=1S/C28H28N4O3/c1-31-26-14-25-21(13-23(26)16-30-31)8-5-9-22(25)18-32(28(35)20-6-3-2-4-7-20)24-12-19(15-29-17-24)10-11-27(33)34/h5,8-17,20H,2-4,6-7,18H2,1H3,(H,33,34)/b11-10+. The molecule has 0 saturated heterocycles. The third-order valence-electron chi connectivity index (χ3n) is 6.86. The summed E-state index contributed by atoms with van der Waals surface area (Å²) in [6.07, 6.45) is 12.8. The van der Waals surface area contributed by atoms with Crippen LogP contribution in [0.15, 0.2) is 61.1 Å². The zero-order valence-corrected chi connectivity index (χ0v) is 19.7. The largest absolute Gasteiger partial charge is 0.478 e. The van der Waals surface area contributed by atoms with Crippen molar-refractivity contribution in [3.63, 3.8) is 0 Å². The van der Waals surface area contributed by atoms with Crippen molar-refractivity contribution in [2.75, 3.05) is 4.90 Å². The lowest BCUT2D eigenvalue weighted by molar-refractivity contribution is -0.131. The Kier molecular flexibility index (Phi) is 6.31. The first-order valence-electron chi connectivity index (χ1n) is 12.0. The summed E-state index contributed by atoms with van der Waals surface area (Å²) < 4.78 is 1.86. The predicted molar refractivity (Wildman–Crippen MR) is 137 cm³/mol. The highest BCUT2D eigenvalue weighted by Gasteiger charge is 2.28. The van der Waals surface area contributed by atoms with E-state index in [1.54, 1.807) is 12.4 Å². The Morgan fingerprint density at radius 3 is 2.71 bits per heavy atom. The fourth-order valence-corrected chi connectivity index (χ4v) is 5.02. The highest BCUT2D eigenvalue weighted by molar-refractivity contribution is 6.00. The van der Waals surface area contributed by atoms with Crippen LogP contribution in [0, 0.1) is 5.92 Å². The van der Waals surface area contributed by atoms with Crippen LogP contribution in [0.5, 0.6) is 0 Å². The summed E-state index contributed by atoms with van der Waals surface area (Å²) in [6.45, 7) is 0.407. The van der Waals surface area contributed by atoms with Crippen molar-refractivity contribution in [3.05, 3.63) is 72.2 Å². The molecule has 0 unspecified atom stereocenters. The van der Waals surface area contributed by atoms with E-state index in [4.69, 9.17) is 5.11 Å². The Labute approximate surface area is 203 Å². The van der Waals surface area contributed by atoms with Crippen molar-refractivity contribution < 1.29 is 14.7 Å². The number of fused-ring (bicyclic) bond motifs is 2. The van der Waals surface area contributed by atoms with Gasteiger partial charge in [0, 0.05) is 30.6 Å². The minimum absolute atomic E-state index is 0.0132. The number of anilines is 1. The molecule has 1 saturated carbocycles. The van der Waals surface area contributed by atoms with E-state index in [9.17, 15) is 9.59 Å². The molecule has 1 aliphatic rings. The molecular formula is C28H28N4O3. The second-order valence-electron chi connectivity index (χ2n) is 9.22. The molecule has 0 bridgehead atoms. The number of benzene rings is 2. The maximum Gasteiger partial charge on any atom is 0.328 e. The average Bonchev–Trinajstić information content (AvgIpc) is 3.24. The van der Waals surface area contributed by atoms with Gasteiger partial charge in [-0.1, -0.05) is 37.5 Å². The molecule has 4 aromatic rings. The molecule has 2 heterocycles. The number of hydrogen-bond acceptors (Lipinski definition) is 4. The highest BCUT2D eigenvalue weighted by Crippen LogP contribution is 2.31. The topological polar surface area (TPSA) is 88.3 Å².